The summed E-state index contributed by atoms with van der Waals surface area (Å²) in [5.74, 6) is 1.57. The van der Waals surface area contributed by atoms with E-state index in [-0.39, 0.29) is 5.91 Å². The molecule has 1 aliphatic heterocycles. The quantitative estimate of drug-likeness (QED) is 0.749. The van der Waals surface area contributed by atoms with Crippen LogP contribution in [-0.4, -0.2) is 23.9 Å². The summed E-state index contributed by atoms with van der Waals surface area (Å²) >= 11 is 0. The van der Waals surface area contributed by atoms with Crippen LogP contribution in [-0.2, 0) is 24.4 Å². The number of benzene rings is 2. The summed E-state index contributed by atoms with van der Waals surface area (Å²) in [4.78, 5) is 13.7. The molecule has 0 saturated carbocycles. The van der Waals surface area contributed by atoms with Crippen molar-refractivity contribution in [1.29, 1.82) is 0 Å². The van der Waals surface area contributed by atoms with E-state index in [1.54, 1.807) is 0 Å². The number of hydrogen-bond donors (Lipinski definition) is 2. The molecule has 1 aliphatic rings. The van der Waals surface area contributed by atoms with Crippen LogP contribution in [0.3, 0.4) is 0 Å². The van der Waals surface area contributed by atoms with Gasteiger partial charge in [0.05, 0.1) is 0 Å². The number of rotatable bonds is 7. The highest BCUT2D eigenvalue weighted by molar-refractivity contribution is 5.88. The van der Waals surface area contributed by atoms with E-state index >= 15 is 0 Å². The van der Waals surface area contributed by atoms with Gasteiger partial charge >= 0.3 is 0 Å². The number of anilines is 1. The number of likely N-dealkylation sites (tertiary alicyclic amines) is 1. The molecule has 1 saturated heterocycles. The Morgan fingerprint density at radius 3 is 1.93 bits per heavy atom. The van der Waals surface area contributed by atoms with Crippen LogP contribution in [0, 0.1) is 11.8 Å². The molecule has 1 fully saturated rings. The Balaban J connectivity index is 1.43. The monoisotopic (exact) mass is 379 g/mol. The molecule has 1 amide bonds. The maximum absolute atomic E-state index is 11.1. The molecule has 2 aromatic carbocycles. The van der Waals surface area contributed by atoms with Gasteiger partial charge in [-0.25, -0.2) is 0 Å². The Hall–Kier alpha value is -2.17. The number of nitrogens with zero attached hydrogens (tertiary/aromatic N) is 1. The standard InChI is InChI=1S/C24H33N3O/c1-18-12-19(2)16-27(15-18)17-23-6-4-21(5-7-23)13-25-14-22-8-10-24(11-9-22)26-20(3)28/h4-11,18-19,25H,12-17H2,1-3H3,(H,26,28). The number of carbonyl (C=O) groups excluding carboxylic acids is 1. The molecular formula is C24H33N3O. The zero-order valence-corrected chi connectivity index (χ0v) is 17.4. The van der Waals surface area contributed by atoms with Crippen LogP contribution in [0.1, 0.15) is 43.9 Å². The predicted molar refractivity (Wildman–Crippen MR) is 116 cm³/mol. The fourth-order valence-electron chi connectivity index (χ4n) is 4.20. The first kappa shape index (κ1) is 20.6. The number of piperidine rings is 1. The van der Waals surface area contributed by atoms with E-state index in [9.17, 15) is 4.79 Å². The van der Waals surface area contributed by atoms with E-state index in [1.807, 2.05) is 24.3 Å². The van der Waals surface area contributed by atoms with Gasteiger partial charge in [-0.1, -0.05) is 50.2 Å². The molecule has 0 aliphatic carbocycles. The lowest BCUT2D eigenvalue weighted by Gasteiger charge is -2.35. The SMILES string of the molecule is CC(=O)Nc1ccc(CNCc2ccc(CN3CC(C)CC(C)C3)cc2)cc1. The van der Waals surface area contributed by atoms with Gasteiger partial charge < -0.3 is 10.6 Å². The van der Waals surface area contributed by atoms with E-state index in [0.29, 0.717) is 0 Å². The normalized spacial score (nSPS) is 20.1. The van der Waals surface area contributed by atoms with Crippen molar-refractivity contribution < 1.29 is 4.79 Å². The van der Waals surface area contributed by atoms with Gasteiger partial charge in [0.2, 0.25) is 5.91 Å². The molecule has 150 valence electrons. The lowest BCUT2D eigenvalue weighted by Crippen LogP contribution is -2.38. The molecule has 4 nitrogen and oxygen atoms in total. The van der Waals surface area contributed by atoms with Gasteiger partial charge in [-0.05, 0) is 47.1 Å². The average Bonchev–Trinajstić information content (AvgIpc) is 2.63. The van der Waals surface area contributed by atoms with Crippen molar-refractivity contribution in [3.05, 3.63) is 65.2 Å². The molecule has 2 unspecified atom stereocenters. The smallest absolute Gasteiger partial charge is 0.221 e. The van der Waals surface area contributed by atoms with Crippen LogP contribution in [0.25, 0.3) is 0 Å². The summed E-state index contributed by atoms with van der Waals surface area (Å²) < 4.78 is 0. The van der Waals surface area contributed by atoms with Crippen molar-refractivity contribution in [1.82, 2.24) is 10.2 Å². The molecule has 0 bridgehead atoms. The van der Waals surface area contributed by atoms with Gasteiger partial charge in [0.15, 0.2) is 0 Å². The fraction of sp³-hybridized carbons (Fsp3) is 0.458. The summed E-state index contributed by atoms with van der Waals surface area (Å²) in [5.41, 5.74) is 4.75. The van der Waals surface area contributed by atoms with Crippen LogP contribution in [0.5, 0.6) is 0 Å². The number of hydrogen-bond acceptors (Lipinski definition) is 3. The molecule has 2 N–H and O–H groups in total. The van der Waals surface area contributed by atoms with E-state index in [4.69, 9.17) is 0 Å². The van der Waals surface area contributed by atoms with E-state index < -0.39 is 0 Å². The minimum atomic E-state index is -0.0429. The molecule has 2 atom stereocenters. The first-order valence-corrected chi connectivity index (χ1v) is 10.4. The van der Waals surface area contributed by atoms with E-state index in [1.165, 1.54) is 43.1 Å². The van der Waals surface area contributed by atoms with Crippen LogP contribution in [0.2, 0.25) is 0 Å². The number of carbonyl (C=O) groups is 1. The maximum atomic E-state index is 11.1. The molecule has 3 rings (SSSR count). The Morgan fingerprint density at radius 1 is 0.893 bits per heavy atom. The third-order valence-electron chi connectivity index (χ3n) is 5.31. The summed E-state index contributed by atoms with van der Waals surface area (Å²) in [6.45, 7) is 11.4. The molecule has 4 heteroatoms. The third-order valence-corrected chi connectivity index (χ3v) is 5.31. The molecular weight excluding hydrogens is 346 g/mol. The van der Waals surface area contributed by atoms with Gasteiger partial charge in [0.1, 0.15) is 0 Å². The van der Waals surface area contributed by atoms with Gasteiger partial charge in [-0.3, -0.25) is 9.69 Å². The highest BCUT2D eigenvalue weighted by Gasteiger charge is 2.21. The second-order valence-corrected chi connectivity index (χ2v) is 8.44. The molecule has 28 heavy (non-hydrogen) atoms. The third kappa shape index (κ3) is 6.47. The summed E-state index contributed by atoms with van der Waals surface area (Å²) in [7, 11) is 0. The molecule has 0 radical (unpaired) electrons. The van der Waals surface area contributed by atoms with Crippen molar-refractivity contribution in [3.8, 4) is 0 Å². The van der Waals surface area contributed by atoms with E-state index in [2.05, 4.69) is 53.6 Å². The van der Waals surface area contributed by atoms with Crippen LogP contribution in [0.15, 0.2) is 48.5 Å². The van der Waals surface area contributed by atoms with Crippen LogP contribution < -0.4 is 10.6 Å². The second-order valence-electron chi connectivity index (χ2n) is 8.44. The van der Waals surface area contributed by atoms with Crippen molar-refractivity contribution in [3.63, 3.8) is 0 Å². The Labute approximate surface area is 169 Å². The largest absolute Gasteiger partial charge is 0.326 e. The Bertz CT molecular complexity index is 744. The van der Waals surface area contributed by atoms with Gasteiger partial charge in [-0.15, -0.1) is 0 Å². The number of nitrogens with one attached hydrogen (secondary N) is 2. The topological polar surface area (TPSA) is 44.4 Å². The first-order valence-electron chi connectivity index (χ1n) is 10.4. The van der Waals surface area contributed by atoms with Gasteiger partial charge in [0.25, 0.3) is 0 Å². The summed E-state index contributed by atoms with van der Waals surface area (Å²) in [6.07, 6.45) is 1.36. The van der Waals surface area contributed by atoms with Crippen molar-refractivity contribution in [2.45, 2.75) is 46.8 Å². The zero-order valence-electron chi connectivity index (χ0n) is 17.4. The van der Waals surface area contributed by atoms with Gasteiger partial charge in [-0.2, -0.15) is 0 Å². The van der Waals surface area contributed by atoms with E-state index in [0.717, 1.165) is 37.2 Å². The highest BCUT2D eigenvalue weighted by atomic mass is 16.1. The first-order chi connectivity index (χ1) is 13.5. The average molecular weight is 380 g/mol. The lowest BCUT2D eigenvalue weighted by atomic mass is 9.91. The second kappa shape index (κ2) is 9.85. The fourth-order valence-corrected chi connectivity index (χ4v) is 4.20. The Morgan fingerprint density at radius 2 is 1.39 bits per heavy atom. The van der Waals surface area contributed by atoms with Crippen LogP contribution in [0.4, 0.5) is 5.69 Å². The molecule has 0 aromatic heterocycles. The predicted octanol–water partition coefficient (Wildman–Crippen LogP) is 4.41. The van der Waals surface area contributed by atoms with Gasteiger partial charge in [0, 0.05) is 45.3 Å². The minimum Gasteiger partial charge on any atom is -0.326 e. The molecule has 0 spiro atoms. The minimum absolute atomic E-state index is 0.0429. The Kier molecular flexibility index (Phi) is 7.24. The zero-order chi connectivity index (χ0) is 19.9. The van der Waals surface area contributed by atoms with Crippen molar-refractivity contribution in [2.24, 2.45) is 11.8 Å². The number of amides is 1. The van der Waals surface area contributed by atoms with Crippen LogP contribution >= 0.6 is 0 Å². The molecule has 1 heterocycles. The summed E-state index contributed by atoms with van der Waals surface area (Å²) in [6, 6.07) is 17.0. The molecule has 2 aromatic rings. The maximum Gasteiger partial charge on any atom is 0.221 e. The highest BCUT2D eigenvalue weighted by Crippen LogP contribution is 2.22. The van der Waals surface area contributed by atoms with Crippen molar-refractivity contribution in [2.75, 3.05) is 18.4 Å². The van der Waals surface area contributed by atoms with Crippen molar-refractivity contribution >= 4 is 11.6 Å². The lowest BCUT2D eigenvalue weighted by molar-refractivity contribution is -0.114. The summed E-state index contributed by atoms with van der Waals surface area (Å²) in [5, 5.41) is 6.28.